The highest BCUT2D eigenvalue weighted by atomic mass is 31.1. The van der Waals surface area contributed by atoms with Crippen LogP contribution in [0.2, 0.25) is 0 Å². The number of quaternary nitrogens is 1. The van der Waals surface area contributed by atoms with Crippen LogP contribution in [0, 0.1) is 6.92 Å². The molecule has 1 unspecified atom stereocenters. The quantitative estimate of drug-likeness (QED) is 0.182. The van der Waals surface area contributed by atoms with Gasteiger partial charge in [-0.15, -0.1) is 0 Å². The molecule has 170 valence electrons. The molecule has 5 heteroatoms. The number of unbranched alkanes of at least 4 members (excludes halogenated alkanes) is 11. The van der Waals surface area contributed by atoms with E-state index in [1.807, 2.05) is 6.92 Å². The van der Waals surface area contributed by atoms with Gasteiger partial charge in [0.05, 0.1) is 27.7 Å². The second kappa shape index (κ2) is 18.0. The first kappa shape index (κ1) is 28.2. The predicted octanol–water partition coefficient (Wildman–Crippen LogP) is 6.52. The largest absolute Gasteiger partial charge is 0.771 e. The third kappa shape index (κ3) is 21.7. The van der Waals surface area contributed by atoms with Gasteiger partial charge in [-0.2, -0.15) is 0 Å². The van der Waals surface area contributed by atoms with E-state index in [0.29, 0.717) is 5.75 Å². The highest BCUT2D eigenvalue weighted by Gasteiger charge is 2.04. The second-order valence-corrected chi connectivity index (χ2v) is 9.77. The van der Waals surface area contributed by atoms with Crippen molar-refractivity contribution in [3.05, 3.63) is 29.8 Å². The van der Waals surface area contributed by atoms with Crippen molar-refractivity contribution in [3.63, 3.8) is 0 Å². The molecule has 0 heterocycles. The number of benzene rings is 1. The minimum absolute atomic E-state index is 0.370. The molecule has 0 amide bonds. The molecule has 29 heavy (non-hydrogen) atoms. The van der Waals surface area contributed by atoms with Crippen molar-refractivity contribution in [3.8, 4) is 5.75 Å². The van der Waals surface area contributed by atoms with Crippen LogP contribution in [0.15, 0.2) is 24.3 Å². The summed E-state index contributed by atoms with van der Waals surface area (Å²) in [5.41, 5.74) is 1.07. The summed E-state index contributed by atoms with van der Waals surface area (Å²) in [6, 6.07) is 6.83. The third-order valence-electron chi connectivity index (χ3n) is 4.90. The summed E-state index contributed by atoms with van der Waals surface area (Å²) >= 11 is 0. The molecule has 0 bridgehead atoms. The van der Waals surface area contributed by atoms with E-state index in [2.05, 4.69) is 32.6 Å². The summed E-state index contributed by atoms with van der Waals surface area (Å²) in [6.07, 6.45) is 17.4. The molecule has 0 aliphatic carbocycles. The predicted molar refractivity (Wildman–Crippen MR) is 125 cm³/mol. The van der Waals surface area contributed by atoms with Gasteiger partial charge in [0.1, 0.15) is 5.75 Å². The summed E-state index contributed by atoms with van der Waals surface area (Å²) in [6.45, 7) is 5.54. The zero-order chi connectivity index (χ0) is 22.0. The summed E-state index contributed by atoms with van der Waals surface area (Å²) in [5.74, 6) is 0.370. The van der Waals surface area contributed by atoms with E-state index in [9.17, 15) is 9.46 Å². The normalized spacial score (nSPS) is 12.2. The number of hydrogen-bond donors (Lipinski definition) is 0. The number of nitrogens with zero attached hydrogens (tertiary/aromatic N) is 1. The van der Waals surface area contributed by atoms with Crippen molar-refractivity contribution in [2.75, 3.05) is 27.7 Å². The molecule has 0 spiro atoms. The molecule has 0 aromatic heterocycles. The van der Waals surface area contributed by atoms with Crippen LogP contribution in [0.3, 0.4) is 0 Å². The fourth-order valence-corrected chi connectivity index (χ4v) is 3.46. The average molecular weight is 428 g/mol. The lowest BCUT2D eigenvalue weighted by atomic mass is 10.1. The zero-order valence-corrected chi connectivity index (χ0v) is 20.7. The SMILES string of the molecule is CCCCCCCCCCCCCC[N+](C)(C)C.Cc1ccc(O[PH](=O)[O-])cc1. The molecule has 1 aromatic rings. The minimum Gasteiger partial charge on any atom is -0.771 e. The van der Waals surface area contributed by atoms with Crippen LogP contribution in [0.1, 0.15) is 89.5 Å². The topological polar surface area (TPSA) is 49.4 Å². The van der Waals surface area contributed by atoms with Crippen molar-refractivity contribution in [2.24, 2.45) is 0 Å². The van der Waals surface area contributed by atoms with E-state index in [1.54, 1.807) is 24.3 Å². The molecule has 1 atom stereocenters. The van der Waals surface area contributed by atoms with Gasteiger partial charge in [0.2, 0.25) is 0 Å². The van der Waals surface area contributed by atoms with Crippen molar-refractivity contribution in [2.45, 2.75) is 90.9 Å². The number of rotatable bonds is 15. The van der Waals surface area contributed by atoms with Crippen molar-refractivity contribution in [1.29, 1.82) is 0 Å². The van der Waals surface area contributed by atoms with E-state index < -0.39 is 8.25 Å². The Labute approximate surface area is 181 Å². The van der Waals surface area contributed by atoms with Crippen molar-refractivity contribution in [1.82, 2.24) is 0 Å². The highest BCUT2D eigenvalue weighted by Crippen LogP contribution is 2.19. The molecular formula is C24H46NO3P. The Hall–Kier alpha value is -0.830. The summed E-state index contributed by atoms with van der Waals surface area (Å²) in [4.78, 5) is 10.1. The maximum Gasteiger partial charge on any atom is 0.172 e. The maximum atomic E-state index is 10.1. The zero-order valence-electron chi connectivity index (χ0n) is 19.7. The van der Waals surface area contributed by atoms with E-state index in [-0.39, 0.29) is 0 Å². The molecule has 1 aromatic carbocycles. The van der Waals surface area contributed by atoms with E-state index in [0.717, 1.165) is 10.0 Å². The van der Waals surface area contributed by atoms with Crippen LogP contribution in [0.5, 0.6) is 5.75 Å². The Bertz CT molecular complexity index is 512. The second-order valence-electron chi connectivity index (χ2n) is 9.07. The van der Waals surface area contributed by atoms with E-state index in [4.69, 9.17) is 0 Å². The molecule has 1 rings (SSSR count). The van der Waals surface area contributed by atoms with E-state index >= 15 is 0 Å². The van der Waals surface area contributed by atoms with Gasteiger partial charge in [0.25, 0.3) is 0 Å². The number of aryl methyl sites for hydroxylation is 1. The van der Waals surface area contributed by atoms with Gasteiger partial charge in [-0.1, -0.05) is 88.8 Å². The minimum atomic E-state index is -3.10. The first-order chi connectivity index (χ1) is 13.7. The standard InChI is InChI=1S/C17H38N.C7H9O3P/c1-5-6-7-8-9-10-11-12-13-14-15-16-17-18(2,3)4;1-6-2-4-7(5-3-6)10-11(8)9/h5-17H2,1-4H3;2-5,11H,1H3,(H,8,9)/q+1;/p-1. The van der Waals surface area contributed by atoms with Gasteiger partial charge in [-0.25, -0.2) is 0 Å². The van der Waals surface area contributed by atoms with Gasteiger partial charge < -0.3 is 13.9 Å². The highest BCUT2D eigenvalue weighted by molar-refractivity contribution is 7.31. The maximum absolute atomic E-state index is 10.1. The fraction of sp³-hybridized carbons (Fsp3) is 0.750. The molecule has 4 nitrogen and oxygen atoms in total. The Morgan fingerprint density at radius 3 is 1.59 bits per heavy atom. The lowest BCUT2D eigenvalue weighted by Crippen LogP contribution is -2.35. The summed E-state index contributed by atoms with van der Waals surface area (Å²) in [5, 5.41) is 0. The smallest absolute Gasteiger partial charge is 0.172 e. The first-order valence-electron chi connectivity index (χ1n) is 11.5. The van der Waals surface area contributed by atoms with Gasteiger partial charge in [0.15, 0.2) is 8.25 Å². The Morgan fingerprint density at radius 1 is 0.793 bits per heavy atom. The third-order valence-corrected chi connectivity index (χ3v) is 5.31. The summed E-state index contributed by atoms with van der Waals surface area (Å²) in [7, 11) is 3.77. The summed E-state index contributed by atoms with van der Waals surface area (Å²) < 4.78 is 15.7. The molecular weight excluding hydrogens is 381 g/mol. The molecule has 0 aliphatic heterocycles. The lowest BCUT2D eigenvalue weighted by molar-refractivity contribution is -0.870. The molecule has 0 aliphatic rings. The Kier molecular flexibility index (Phi) is 17.5. The number of hydrogen-bond acceptors (Lipinski definition) is 3. The van der Waals surface area contributed by atoms with Crippen LogP contribution in [0.4, 0.5) is 0 Å². The fourth-order valence-electron chi connectivity index (χ4n) is 3.13. The van der Waals surface area contributed by atoms with Crippen LogP contribution in [-0.2, 0) is 4.57 Å². The van der Waals surface area contributed by atoms with Crippen LogP contribution in [-0.4, -0.2) is 32.2 Å². The molecule has 0 saturated heterocycles. The molecule has 0 fully saturated rings. The van der Waals surface area contributed by atoms with Crippen molar-refractivity contribution < 1.29 is 18.5 Å². The van der Waals surface area contributed by atoms with Crippen molar-refractivity contribution >= 4 is 8.25 Å². The van der Waals surface area contributed by atoms with E-state index in [1.165, 1.54) is 83.6 Å². The van der Waals surface area contributed by atoms with Crippen LogP contribution >= 0.6 is 8.25 Å². The average Bonchev–Trinajstić information content (AvgIpc) is 2.64. The Morgan fingerprint density at radius 2 is 1.21 bits per heavy atom. The molecule has 0 saturated carbocycles. The molecule has 0 N–H and O–H groups in total. The Balaban J connectivity index is 0.000000604. The van der Waals surface area contributed by atoms with Gasteiger partial charge in [-0.05, 0) is 31.9 Å². The van der Waals surface area contributed by atoms with Gasteiger partial charge in [-0.3, -0.25) is 4.57 Å². The monoisotopic (exact) mass is 427 g/mol. The van der Waals surface area contributed by atoms with Gasteiger partial charge in [0, 0.05) is 0 Å². The van der Waals surface area contributed by atoms with Crippen LogP contribution in [0.25, 0.3) is 0 Å². The van der Waals surface area contributed by atoms with Gasteiger partial charge >= 0.3 is 0 Å². The molecule has 0 radical (unpaired) electrons. The van der Waals surface area contributed by atoms with Crippen LogP contribution < -0.4 is 9.42 Å². The first-order valence-corrected chi connectivity index (χ1v) is 12.7. The lowest BCUT2D eigenvalue weighted by Gasteiger charge is -2.23.